The molecule has 0 aromatic heterocycles. The van der Waals surface area contributed by atoms with Crippen LogP contribution in [0.25, 0.3) is 0 Å². The van der Waals surface area contributed by atoms with Crippen LogP contribution in [0.1, 0.15) is 49.3 Å². The standard InChI is InChI=1S/C26H32N4O/c1-20(29-24-10-14-28-15-11-24)23-6-8-25(9-7-23)31-26-12-16-30(17-13-26)19-22-4-2-21(18-27)3-5-22/h2-9,24,26,28H,10-17,19H2,1H3. The summed E-state index contributed by atoms with van der Waals surface area (Å²) in [5.41, 5.74) is 4.28. The molecule has 0 atom stereocenters. The average Bonchev–Trinajstić information content (AvgIpc) is 2.82. The first-order valence-electron chi connectivity index (χ1n) is 11.4. The molecule has 5 nitrogen and oxygen atoms in total. The van der Waals surface area contributed by atoms with Crippen LogP contribution in [-0.4, -0.2) is 48.9 Å². The molecule has 5 heteroatoms. The van der Waals surface area contributed by atoms with Crippen molar-refractivity contribution in [3.63, 3.8) is 0 Å². The fraction of sp³-hybridized carbons (Fsp3) is 0.462. The Morgan fingerprint density at radius 3 is 2.35 bits per heavy atom. The normalized spacial score (nSPS) is 19.2. The Morgan fingerprint density at radius 2 is 1.71 bits per heavy atom. The van der Waals surface area contributed by atoms with Gasteiger partial charge in [0, 0.05) is 25.3 Å². The van der Waals surface area contributed by atoms with Crippen molar-refractivity contribution in [2.45, 2.75) is 51.3 Å². The Labute approximate surface area is 185 Å². The molecule has 2 aliphatic rings. The molecule has 2 aromatic rings. The van der Waals surface area contributed by atoms with E-state index in [4.69, 9.17) is 15.0 Å². The van der Waals surface area contributed by atoms with Crippen LogP contribution >= 0.6 is 0 Å². The summed E-state index contributed by atoms with van der Waals surface area (Å²) in [7, 11) is 0. The van der Waals surface area contributed by atoms with E-state index in [-0.39, 0.29) is 6.10 Å². The Balaban J connectivity index is 1.24. The van der Waals surface area contributed by atoms with Crippen molar-refractivity contribution in [3.05, 3.63) is 65.2 Å². The maximum atomic E-state index is 8.93. The van der Waals surface area contributed by atoms with Gasteiger partial charge in [0.25, 0.3) is 0 Å². The van der Waals surface area contributed by atoms with Gasteiger partial charge in [-0.1, -0.05) is 12.1 Å². The van der Waals surface area contributed by atoms with E-state index in [1.165, 1.54) is 11.1 Å². The molecule has 0 aliphatic carbocycles. The van der Waals surface area contributed by atoms with E-state index in [0.29, 0.717) is 6.04 Å². The molecule has 0 spiro atoms. The van der Waals surface area contributed by atoms with Crippen LogP contribution in [-0.2, 0) is 6.54 Å². The number of hydrogen-bond donors (Lipinski definition) is 1. The zero-order valence-electron chi connectivity index (χ0n) is 18.4. The van der Waals surface area contributed by atoms with E-state index in [1.807, 2.05) is 12.1 Å². The highest BCUT2D eigenvalue weighted by atomic mass is 16.5. The number of rotatable bonds is 6. The summed E-state index contributed by atoms with van der Waals surface area (Å²) in [5.74, 6) is 0.948. The van der Waals surface area contributed by atoms with Gasteiger partial charge in [0.15, 0.2) is 0 Å². The summed E-state index contributed by atoms with van der Waals surface area (Å²) >= 11 is 0. The largest absolute Gasteiger partial charge is 0.490 e. The third-order valence-corrected chi connectivity index (χ3v) is 6.28. The van der Waals surface area contributed by atoms with Crippen molar-refractivity contribution in [2.75, 3.05) is 26.2 Å². The number of benzene rings is 2. The molecule has 4 rings (SSSR count). The summed E-state index contributed by atoms with van der Waals surface area (Å²) < 4.78 is 6.26. The minimum absolute atomic E-state index is 0.271. The molecule has 1 N–H and O–H groups in total. The third kappa shape index (κ3) is 6.16. The van der Waals surface area contributed by atoms with Gasteiger partial charge in [-0.3, -0.25) is 9.89 Å². The van der Waals surface area contributed by atoms with Gasteiger partial charge >= 0.3 is 0 Å². The fourth-order valence-corrected chi connectivity index (χ4v) is 4.38. The van der Waals surface area contributed by atoms with Crippen LogP contribution in [0.15, 0.2) is 53.5 Å². The molecule has 2 fully saturated rings. The number of likely N-dealkylation sites (tertiary alicyclic amines) is 1. The summed E-state index contributed by atoms with van der Waals surface area (Å²) in [5, 5.41) is 12.3. The molecule has 2 saturated heterocycles. The maximum absolute atomic E-state index is 8.93. The van der Waals surface area contributed by atoms with Crippen molar-refractivity contribution in [1.29, 1.82) is 5.26 Å². The molecule has 2 aliphatic heterocycles. The summed E-state index contributed by atoms with van der Waals surface area (Å²) in [6.45, 7) is 7.25. The van der Waals surface area contributed by atoms with Crippen molar-refractivity contribution < 1.29 is 4.74 Å². The van der Waals surface area contributed by atoms with Crippen molar-refractivity contribution >= 4 is 5.71 Å². The monoisotopic (exact) mass is 416 g/mol. The molecule has 2 heterocycles. The SMILES string of the molecule is CC(=NC1CCNCC1)c1ccc(OC2CCN(Cc3ccc(C#N)cc3)CC2)cc1. The first kappa shape index (κ1) is 21.5. The predicted molar refractivity (Wildman–Crippen MR) is 125 cm³/mol. The molecule has 0 amide bonds. The summed E-state index contributed by atoms with van der Waals surface area (Å²) in [6, 6.07) is 19.0. The number of aliphatic imine (C=N–C) groups is 1. The highest BCUT2D eigenvalue weighted by molar-refractivity contribution is 5.98. The first-order valence-corrected chi connectivity index (χ1v) is 11.4. The Hall–Kier alpha value is -2.68. The van der Waals surface area contributed by atoms with Crippen LogP contribution in [0.2, 0.25) is 0 Å². The quantitative estimate of drug-likeness (QED) is 0.718. The van der Waals surface area contributed by atoms with Crippen LogP contribution in [0, 0.1) is 11.3 Å². The third-order valence-electron chi connectivity index (χ3n) is 6.28. The minimum atomic E-state index is 0.271. The number of ether oxygens (including phenoxy) is 1. The van der Waals surface area contributed by atoms with Crippen molar-refractivity contribution in [2.24, 2.45) is 4.99 Å². The lowest BCUT2D eigenvalue weighted by molar-refractivity contribution is 0.0968. The van der Waals surface area contributed by atoms with Gasteiger partial charge in [0.1, 0.15) is 11.9 Å². The molecule has 162 valence electrons. The molecule has 2 aromatic carbocycles. The lowest BCUT2D eigenvalue weighted by Gasteiger charge is -2.32. The van der Waals surface area contributed by atoms with Crippen molar-refractivity contribution in [3.8, 4) is 11.8 Å². The molecule has 0 radical (unpaired) electrons. The first-order chi connectivity index (χ1) is 15.2. The van der Waals surface area contributed by atoms with Gasteiger partial charge in [0.2, 0.25) is 0 Å². The average molecular weight is 417 g/mol. The van der Waals surface area contributed by atoms with Crippen LogP contribution < -0.4 is 10.1 Å². The number of hydrogen-bond acceptors (Lipinski definition) is 5. The number of nitriles is 1. The molecule has 0 bridgehead atoms. The Kier molecular flexibility index (Phi) is 7.35. The van der Waals surface area contributed by atoms with Crippen LogP contribution in [0.3, 0.4) is 0 Å². The smallest absolute Gasteiger partial charge is 0.119 e. The fourth-order valence-electron chi connectivity index (χ4n) is 4.38. The van der Waals surface area contributed by atoms with Crippen molar-refractivity contribution in [1.82, 2.24) is 10.2 Å². The van der Waals surface area contributed by atoms with Gasteiger partial charge in [-0.2, -0.15) is 5.26 Å². The maximum Gasteiger partial charge on any atom is 0.119 e. The zero-order valence-corrected chi connectivity index (χ0v) is 18.4. The van der Waals surface area contributed by atoms with Crippen LogP contribution in [0.5, 0.6) is 5.75 Å². The van der Waals surface area contributed by atoms with Gasteiger partial charge in [-0.15, -0.1) is 0 Å². The predicted octanol–water partition coefficient (Wildman–Crippen LogP) is 4.16. The van der Waals surface area contributed by atoms with E-state index >= 15 is 0 Å². The second-order valence-corrected chi connectivity index (χ2v) is 8.62. The molecule has 0 saturated carbocycles. The molecular formula is C26H32N4O. The highest BCUT2D eigenvalue weighted by Crippen LogP contribution is 2.21. The number of piperidine rings is 2. The Morgan fingerprint density at radius 1 is 1.03 bits per heavy atom. The lowest BCUT2D eigenvalue weighted by Crippen LogP contribution is -2.37. The second-order valence-electron chi connectivity index (χ2n) is 8.62. The summed E-state index contributed by atoms with van der Waals surface area (Å²) in [4.78, 5) is 7.38. The van der Waals surface area contributed by atoms with E-state index in [1.54, 1.807) is 0 Å². The zero-order chi connectivity index (χ0) is 21.5. The van der Waals surface area contributed by atoms with Gasteiger partial charge in [-0.05, 0) is 93.2 Å². The lowest BCUT2D eigenvalue weighted by atomic mass is 10.1. The van der Waals surface area contributed by atoms with Gasteiger partial charge in [0.05, 0.1) is 17.7 Å². The Bertz CT molecular complexity index is 900. The van der Waals surface area contributed by atoms with Crippen LogP contribution in [0.4, 0.5) is 0 Å². The van der Waals surface area contributed by atoms with E-state index in [0.717, 1.165) is 75.4 Å². The number of nitrogens with one attached hydrogen (secondary N) is 1. The minimum Gasteiger partial charge on any atom is -0.490 e. The summed E-state index contributed by atoms with van der Waals surface area (Å²) in [6.07, 6.45) is 4.60. The molecule has 31 heavy (non-hydrogen) atoms. The van der Waals surface area contributed by atoms with E-state index < -0.39 is 0 Å². The highest BCUT2D eigenvalue weighted by Gasteiger charge is 2.20. The van der Waals surface area contributed by atoms with E-state index in [9.17, 15) is 0 Å². The number of nitrogens with zero attached hydrogens (tertiary/aromatic N) is 3. The van der Waals surface area contributed by atoms with E-state index in [2.05, 4.69) is 59.6 Å². The molecule has 0 unspecified atom stereocenters. The second kappa shape index (κ2) is 10.6. The molecular weight excluding hydrogens is 384 g/mol. The van der Waals surface area contributed by atoms with Gasteiger partial charge < -0.3 is 10.1 Å². The topological polar surface area (TPSA) is 60.7 Å². The van der Waals surface area contributed by atoms with Gasteiger partial charge in [-0.25, -0.2) is 0 Å².